The number of benzene rings is 1. The van der Waals surface area contributed by atoms with E-state index in [1.165, 1.54) is 5.56 Å². The van der Waals surface area contributed by atoms with Crippen molar-refractivity contribution in [2.45, 2.75) is 19.8 Å². The molecule has 0 saturated heterocycles. The molecule has 2 heteroatoms. The predicted octanol–water partition coefficient (Wildman–Crippen LogP) is 3.88. The van der Waals surface area contributed by atoms with Gasteiger partial charge in [-0.2, -0.15) is 0 Å². The molecular weight excluding hydrogens is 210 g/mol. The summed E-state index contributed by atoms with van der Waals surface area (Å²) in [5, 5.41) is 0. The van der Waals surface area contributed by atoms with Crippen LogP contribution in [0.15, 0.2) is 42.5 Å². The Hall–Kier alpha value is -1.83. The lowest BCUT2D eigenvalue weighted by Crippen LogP contribution is -1.91. The quantitative estimate of drug-likeness (QED) is 0.793. The van der Waals surface area contributed by atoms with E-state index in [1.54, 1.807) is 7.11 Å². The predicted molar refractivity (Wildman–Crippen MR) is 70.3 cm³/mol. The first-order valence-corrected chi connectivity index (χ1v) is 5.82. The van der Waals surface area contributed by atoms with E-state index in [-0.39, 0.29) is 0 Å². The van der Waals surface area contributed by atoms with Crippen LogP contribution in [0.4, 0.5) is 0 Å². The highest BCUT2D eigenvalue weighted by molar-refractivity contribution is 5.60. The van der Waals surface area contributed by atoms with Crippen LogP contribution in [0.2, 0.25) is 0 Å². The first-order valence-electron chi connectivity index (χ1n) is 5.82. The molecule has 0 spiro atoms. The number of hydrogen-bond acceptors (Lipinski definition) is 2. The highest BCUT2D eigenvalue weighted by Crippen LogP contribution is 2.23. The maximum absolute atomic E-state index is 5.14. The van der Waals surface area contributed by atoms with Crippen molar-refractivity contribution in [3.05, 3.63) is 48.0 Å². The number of aromatic nitrogens is 1. The van der Waals surface area contributed by atoms with Crippen LogP contribution in [0.25, 0.3) is 11.3 Å². The maximum Gasteiger partial charge on any atom is 0.213 e. The van der Waals surface area contributed by atoms with E-state index < -0.39 is 0 Å². The molecule has 88 valence electrons. The normalized spacial score (nSPS) is 10.6. The van der Waals surface area contributed by atoms with Crippen molar-refractivity contribution in [1.82, 2.24) is 4.98 Å². The minimum Gasteiger partial charge on any atom is -0.481 e. The van der Waals surface area contributed by atoms with Gasteiger partial charge < -0.3 is 4.74 Å². The Bertz CT molecular complexity index is 506. The summed E-state index contributed by atoms with van der Waals surface area (Å²) in [4.78, 5) is 4.44. The minimum atomic E-state index is 0.528. The minimum absolute atomic E-state index is 0.528. The van der Waals surface area contributed by atoms with Crippen LogP contribution in [0.5, 0.6) is 5.88 Å². The van der Waals surface area contributed by atoms with Crippen molar-refractivity contribution >= 4 is 0 Å². The van der Waals surface area contributed by atoms with Gasteiger partial charge in [-0.05, 0) is 23.6 Å². The van der Waals surface area contributed by atoms with Gasteiger partial charge in [0.2, 0.25) is 5.88 Å². The third kappa shape index (κ3) is 2.64. The van der Waals surface area contributed by atoms with Crippen molar-refractivity contribution < 1.29 is 4.74 Å². The molecule has 1 aromatic carbocycles. The topological polar surface area (TPSA) is 22.1 Å². The third-order valence-corrected chi connectivity index (χ3v) is 2.78. The standard InChI is InChI=1S/C15H17NO/c1-11(2)12-6-4-7-13(10-12)14-8-5-9-15(16-14)17-3/h4-11H,1-3H3. The summed E-state index contributed by atoms with van der Waals surface area (Å²) in [6.07, 6.45) is 0. The number of hydrogen-bond donors (Lipinski definition) is 0. The van der Waals surface area contributed by atoms with Crippen LogP contribution in [0.1, 0.15) is 25.3 Å². The Morgan fingerprint density at radius 3 is 2.53 bits per heavy atom. The molecule has 0 aliphatic heterocycles. The molecule has 0 atom stereocenters. The molecule has 0 N–H and O–H groups in total. The van der Waals surface area contributed by atoms with Gasteiger partial charge in [0, 0.05) is 11.6 Å². The lowest BCUT2D eigenvalue weighted by molar-refractivity contribution is 0.398. The van der Waals surface area contributed by atoms with Crippen molar-refractivity contribution in [2.75, 3.05) is 7.11 Å². The van der Waals surface area contributed by atoms with E-state index in [1.807, 2.05) is 18.2 Å². The molecule has 0 amide bonds. The highest BCUT2D eigenvalue weighted by atomic mass is 16.5. The molecule has 0 fully saturated rings. The number of rotatable bonds is 3. The number of ether oxygens (including phenoxy) is 1. The smallest absolute Gasteiger partial charge is 0.213 e. The highest BCUT2D eigenvalue weighted by Gasteiger charge is 2.04. The van der Waals surface area contributed by atoms with Gasteiger partial charge in [0.25, 0.3) is 0 Å². The molecule has 2 nitrogen and oxygen atoms in total. The van der Waals surface area contributed by atoms with Gasteiger partial charge in [0.15, 0.2) is 0 Å². The molecule has 0 aliphatic rings. The second-order valence-corrected chi connectivity index (χ2v) is 4.35. The zero-order valence-corrected chi connectivity index (χ0v) is 10.5. The summed E-state index contributed by atoms with van der Waals surface area (Å²) >= 11 is 0. The van der Waals surface area contributed by atoms with E-state index in [4.69, 9.17) is 4.74 Å². The van der Waals surface area contributed by atoms with Gasteiger partial charge >= 0.3 is 0 Å². The molecule has 2 rings (SSSR count). The molecule has 17 heavy (non-hydrogen) atoms. The molecule has 0 unspecified atom stereocenters. The monoisotopic (exact) mass is 227 g/mol. The molecule has 0 radical (unpaired) electrons. The van der Waals surface area contributed by atoms with Crippen molar-refractivity contribution in [3.63, 3.8) is 0 Å². The van der Waals surface area contributed by atoms with Gasteiger partial charge in [-0.1, -0.05) is 38.1 Å². The molecule has 1 heterocycles. The SMILES string of the molecule is COc1cccc(-c2cccc(C(C)C)c2)n1. The second-order valence-electron chi connectivity index (χ2n) is 4.35. The molecule has 2 aromatic rings. The van der Waals surface area contributed by atoms with E-state index in [2.05, 4.69) is 43.1 Å². The van der Waals surface area contributed by atoms with Crippen molar-refractivity contribution in [1.29, 1.82) is 0 Å². The first kappa shape index (κ1) is 11.6. The van der Waals surface area contributed by atoms with Gasteiger partial charge in [-0.25, -0.2) is 4.98 Å². The Balaban J connectivity index is 2.41. The summed E-state index contributed by atoms with van der Waals surface area (Å²) < 4.78 is 5.14. The van der Waals surface area contributed by atoms with Gasteiger partial charge in [-0.15, -0.1) is 0 Å². The lowest BCUT2D eigenvalue weighted by Gasteiger charge is -2.08. The Labute approximate surface area is 102 Å². The van der Waals surface area contributed by atoms with Crippen LogP contribution in [0.3, 0.4) is 0 Å². The van der Waals surface area contributed by atoms with Crippen molar-refractivity contribution in [3.8, 4) is 17.1 Å². The van der Waals surface area contributed by atoms with E-state index >= 15 is 0 Å². The Morgan fingerprint density at radius 1 is 1.06 bits per heavy atom. The van der Waals surface area contributed by atoms with E-state index in [0.29, 0.717) is 11.8 Å². The summed E-state index contributed by atoms with van der Waals surface area (Å²) in [5.74, 6) is 1.18. The number of nitrogens with zero attached hydrogens (tertiary/aromatic N) is 1. The zero-order valence-electron chi connectivity index (χ0n) is 10.5. The van der Waals surface area contributed by atoms with Crippen LogP contribution in [-0.4, -0.2) is 12.1 Å². The average Bonchev–Trinajstić information content (AvgIpc) is 2.39. The molecule has 0 bridgehead atoms. The summed E-state index contributed by atoms with van der Waals surface area (Å²) in [7, 11) is 1.64. The number of pyridine rings is 1. The first-order chi connectivity index (χ1) is 8.20. The van der Waals surface area contributed by atoms with Gasteiger partial charge in [-0.3, -0.25) is 0 Å². The maximum atomic E-state index is 5.14. The Morgan fingerprint density at radius 2 is 1.82 bits per heavy atom. The third-order valence-electron chi connectivity index (χ3n) is 2.78. The summed E-state index contributed by atoms with van der Waals surface area (Å²) in [6, 6.07) is 14.3. The Kier molecular flexibility index (Phi) is 3.43. The second kappa shape index (κ2) is 5.00. The van der Waals surface area contributed by atoms with Crippen molar-refractivity contribution in [2.24, 2.45) is 0 Å². The zero-order chi connectivity index (χ0) is 12.3. The lowest BCUT2D eigenvalue weighted by atomic mass is 9.99. The average molecular weight is 227 g/mol. The fourth-order valence-corrected chi connectivity index (χ4v) is 1.75. The fourth-order valence-electron chi connectivity index (χ4n) is 1.75. The van der Waals surface area contributed by atoms with Gasteiger partial charge in [0.05, 0.1) is 12.8 Å². The number of methoxy groups -OCH3 is 1. The fraction of sp³-hybridized carbons (Fsp3) is 0.267. The van der Waals surface area contributed by atoms with E-state index in [9.17, 15) is 0 Å². The molecular formula is C15H17NO. The molecule has 0 saturated carbocycles. The molecule has 1 aromatic heterocycles. The van der Waals surface area contributed by atoms with Gasteiger partial charge in [0.1, 0.15) is 0 Å². The van der Waals surface area contributed by atoms with Crippen LogP contribution < -0.4 is 4.74 Å². The van der Waals surface area contributed by atoms with Crippen LogP contribution in [-0.2, 0) is 0 Å². The van der Waals surface area contributed by atoms with Crippen LogP contribution >= 0.6 is 0 Å². The van der Waals surface area contributed by atoms with Crippen LogP contribution in [0, 0.1) is 0 Å². The summed E-state index contributed by atoms with van der Waals surface area (Å²) in [6.45, 7) is 4.39. The largest absolute Gasteiger partial charge is 0.481 e. The van der Waals surface area contributed by atoms with E-state index in [0.717, 1.165) is 11.3 Å². The molecule has 0 aliphatic carbocycles. The summed E-state index contributed by atoms with van der Waals surface area (Å²) in [5.41, 5.74) is 3.41.